The van der Waals surface area contributed by atoms with E-state index in [0.29, 0.717) is 0 Å². The molecule has 0 heteroatoms. The van der Waals surface area contributed by atoms with E-state index in [1.54, 1.807) is 0 Å². The molecule has 0 N–H and O–H groups in total. The fourth-order valence-electron chi connectivity index (χ4n) is 6.33. The third kappa shape index (κ3) is 3.45. The van der Waals surface area contributed by atoms with E-state index in [1.807, 2.05) is 0 Å². The van der Waals surface area contributed by atoms with Crippen LogP contribution in [-0.4, -0.2) is 0 Å². The van der Waals surface area contributed by atoms with Crippen molar-refractivity contribution in [2.45, 2.75) is 12.3 Å². The van der Waals surface area contributed by atoms with Crippen LogP contribution in [-0.2, 0) is 5.41 Å². The molecule has 1 aliphatic carbocycles. The van der Waals surface area contributed by atoms with Gasteiger partial charge in [0.25, 0.3) is 0 Å². The molecule has 0 fully saturated rings. The van der Waals surface area contributed by atoms with Crippen molar-refractivity contribution in [1.29, 1.82) is 0 Å². The number of fused-ring (bicyclic) bond motifs is 3. The molecule has 0 saturated carbocycles. The molecule has 6 aromatic carbocycles. The Morgan fingerprint density at radius 1 is 0.368 bits per heavy atom. The monoisotopic (exact) mass is 484 g/mol. The van der Waals surface area contributed by atoms with Gasteiger partial charge < -0.3 is 0 Å². The molecule has 0 aromatic heterocycles. The van der Waals surface area contributed by atoms with Gasteiger partial charge in [0, 0.05) is 0 Å². The van der Waals surface area contributed by atoms with Crippen LogP contribution >= 0.6 is 0 Å². The van der Waals surface area contributed by atoms with Gasteiger partial charge >= 0.3 is 0 Å². The summed E-state index contributed by atoms with van der Waals surface area (Å²) >= 11 is 0. The van der Waals surface area contributed by atoms with Crippen LogP contribution in [0.3, 0.4) is 0 Å². The SMILES string of the molecule is Cc1cccc(-c2cccc(-c3ccc4c(c3)C(c3ccccc3)(c3ccccc3)c3ccccc3-4)c2)c1. The molecule has 0 bridgehead atoms. The van der Waals surface area contributed by atoms with Crippen LogP contribution in [0.25, 0.3) is 33.4 Å². The maximum Gasteiger partial charge on any atom is 0.0713 e. The molecule has 0 amide bonds. The Hall–Kier alpha value is -4.68. The van der Waals surface area contributed by atoms with E-state index >= 15 is 0 Å². The Kier molecular flexibility index (Phi) is 5.34. The predicted octanol–water partition coefficient (Wildman–Crippen LogP) is 9.69. The zero-order valence-corrected chi connectivity index (χ0v) is 21.4. The fraction of sp³-hybridized carbons (Fsp3) is 0.0526. The van der Waals surface area contributed by atoms with Crippen LogP contribution in [0.5, 0.6) is 0 Å². The van der Waals surface area contributed by atoms with Gasteiger partial charge in [-0.25, -0.2) is 0 Å². The van der Waals surface area contributed by atoms with Crippen LogP contribution in [0, 0.1) is 6.92 Å². The van der Waals surface area contributed by atoms with Crippen LogP contribution in [0.1, 0.15) is 27.8 Å². The first-order chi connectivity index (χ1) is 18.7. The van der Waals surface area contributed by atoms with Crippen molar-refractivity contribution in [3.8, 4) is 33.4 Å². The van der Waals surface area contributed by atoms with E-state index in [4.69, 9.17) is 0 Å². The molecule has 0 aliphatic heterocycles. The van der Waals surface area contributed by atoms with E-state index in [9.17, 15) is 0 Å². The quantitative estimate of drug-likeness (QED) is 0.233. The van der Waals surface area contributed by atoms with Crippen molar-refractivity contribution < 1.29 is 0 Å². The number of hydrogen-bond donors (Lipinski definition) is 0. The van der Waals surface area contributed by atoms with Crippen molar-refractivity contribution in [1.82, 2.24) is 0 Å². The van der Waals surface area contributed by atoms with Gasteiger partial charge in [-0.15, -0.1) is 0 Å². The molecule has 0 unspecified atom stereocenters. The summed E-state index contributed by atoms with van der Waals surface area (Å²) in [5.41, 5.74) is 13.8. The summed E-state index contributed by atoms with van der Waals surface area (Å²) in [5.74, 6) is 0. The van der Waals surface area contributed by atoms with E-state index < -0.39 is 0 Å². The Morgan fingerprint density at radius 2 is 0.895 bits per heavy atom. The summed E-state index contributed by atoms with van der Waals surface area (Å²) in [5, 5.41) is 0. The minimum Gasteiger partial charge on any atom is -0.0622 e. The zero-order valence-electron chi connectivity index (χ0n) is 21.4. The summed E-state index contributed by atoms with van der Waals surface area (Å²) < 4.78 is 0. The van der Waals surface area contributed by atoms with Gasteiger partial charge in [-0.3, -0.25) is 0 Å². The summed E-state index contributed by atoms with van der Waals surface area (Å²) in [6.07, 6.45) is 0. The van der Waals surface area contributed by atoms with Crippen LogP contribution in [0.2, 0.25) is 0 Å². The highest BCUT2D eigenvalue weighted by atomic mass is 14.5. The topological polar surface area (TPSA) is 0 Å². The van der Waals surface area contributed by atoms with Gasteiger partial charge in [-0.2, -0.15) is 0 Å². The first-order valence-electron chi connectivity index (χ1n) is 13.3. The van der Waals surface area contributed by atoms with Gasteiger partial charge in [-0.1, -0.05) is 145 Å². The summed E-state index contributed by atoms with van der Waals surface area (Å²) in [6, 6.07) is 55.7. The number of benzene rings is 6. The van der Waals surface area contributed by atoms with Gasteiger partial charge in [0.2, 0.25) is 0 Å². The Morgan fingerprint density at radius 3 is 1.55 bits per heavy atom. The van der Waals surface area contributed by atoms with E-state index in [0.717, 1.165) is 0 Å². The number of rotatable bonds is 4. The number of aryl methyl sites for hydroxylation is 1. The van der Waals surface area contributed by atoms with Crippen molar-refractivity contribution >= 4 is 0 Å². The van der Waals surface area contributed by atoms with E-state index in [-0.39, 0.29) is 5.41 Å². The highest BCUT2D eigenvalue weighted by molar-refractivity contribution is 5.88. The minimum absolute atomic E-state index is 0.376. The molecule has 0 saturated heterocycles. The van der Waals surface area contributed by atoms with Crippen LogP contribution in [0.15, 0.2) is 152 Å². The lowest BCUT2D eigenvalue weighted by Gasteiger charge is -2.34. The molecule has 0 atom stereocenters. The van der Waals surface area contributed by atoms with Crippen molar-refractivity contribution in [3.63, 3.8) is 0 Å². The van der Waals surface area contributed by atoms with Crippen molar-refractivity contribution in [2.75, 3.05) is 0 Å². The second kappa shape index (κ2) is 9.01. The largest absolute Gasteiger partial charge is 0.0713 e. The predicted molar refractivity (Wildman–Crippen MR) is 159 cm³/mol. The van der Waals surface area contributed by atoms with Gasteiger partial charge in [-0.05, 0) is 74.7 Å². The molecule has 0 heterocycles. The Labute approximate surface area is 224 Å². The molecular weight excluding hydrogens is 456 g/mol. The van der Waals surface area contributed by atoms with Crippen molar-refractivity contribution in [3.05, 3.63) is 179 Å². The van der Waals surface area contributed by atoms with E-state index in [2.05, 4.69) is 159 Å². The zero-order chi connectivity index (χ0) is 25.5. The first kappa shape index (κ1) is 22.5. The normalized spacial score (nSPS) is 13.1. The lowest BCUT2D eigenvalue weighted by Crippen LogP contribution is -2.28. The van der Waals surface area contributed by atoms with E-state index in [1.165, 1.54) is 61.2 Å². The molecule has 0 nitrogen and oxygen atoms in total. The third-order valence-corrected chi connectivity index (χ3v) is 8.01. The Balaban J connectivity index is 1.49. The van der Waals surface area contributed by atoms with Crippen LogP contribution in [0.4, 0.5) is 0 Å². The average molecular weight is 485 g/mol. The smallest absolute Gasteiger partial charge is 0.0622 e. The average Bonchev–Trinajstić information content (AvgIpc) is 3.29. The molecule has 0 spiro atoms. The second-order valence-electron chi connectivity index (χ2n) is 10.2. The third-order valence-electron chi connectivity index (χ3n) is 8.01. The lowest BCUT2D eigenvalue weighted by atomic mass is 9.67. The summed E-state index contributed by atoms with van der Waals surface area (Å²) in [6.45, 7) is 2.15. The van der Waals surface area contributed by atoms with Gasteiger partial charge in [0.15, 0.2) is 0 Å². The van der Waals surface area contributed by atoms with Crippen molar-refractivity contribution in [2.24, 2.45) is 0 Å². The molecule has 38 heavy (non-hydrogen) atoms. The Bertz CT molecular complexity index is 1720. The first-order valence-corrected chi connectivity index (χ1v) is 13.3. The maximum atomic E-state index is 2.44. The molecule has 180 valence electrons. The molecular formula is C38H28. The standard InChI is InChI=1S/C38H28/c1-27-12-10-13-28(24-27)29-14-11-15-30(25-29)31-22-23-35-34-20-8-9-21-36(34)38(37(35)26-31,32-16-4-2-5-17-32)33-18-6-3-7-19-33/h2-26H,1H3. The van der Waals surface area contributed by atoms with Gasteiger partial charge in [0.1, 0.15) is 0 Å². The molecule has 1 aliphatic rings. The summed E-state index contributed by atoms with van der Waals surface area (Å²) in [4.78, 5) is 0. The molecule has 0 radical (unpaired) electrons. The van der Waals surface area contributed by atoms with Crippen LogP contribution < -0.4 is 0 Å². The van der Waals surface area contributed by atoms with Gasteiger partial charge in [0.05, 0.1) is 5.41 Å². The fourth-order valence-corrected chi connectivity index (χ4v) is 6.33. The maximum absolute atomic E-state index is 2.44. The summed E-state index contributed by atoms with van der Waals surface area (Å²) in [7, 11) is 0. The second-order valence-corrected chi connectivity index (χ2v) is 10.2. The highest BCUT2D eigenvalue weighted by Gasteiger charge is 2.45. The molecule has 7 rings (SSSR count). The number of hydrogen-bond acceptors (Lipinski definition) is 0. The highest BCUT2D eigenvalue weighted by Crippen LogP contribution is 2.56. The molecule has 6 aromatic rings. The minimum atomic E-state index is -0.376. The lowest BCUT2D eigenvalue weighted by molar-refractivity contribution is 0.769.